The van der Waals surface area contributed by atoms with Crippen LogP contribution in [0.25, 0.3) is 16.9 Å². The van der Waals surface area contributed by atoms with Crippen molar-refractivity contribution >= 4 is 45.5 Å². The highest BCUT2D eigenvalue weighted by atomic mass is 32.1. The van der Waals surface area contributed by atoms with Gasteiger partial charge in [0.25, 0.3) is 0 Å². The second-order valence-electron chi connectivity index (χ2n) is 8.52. The van der Waals surface area contributed by atoms with Gasteiger partial charge in [0, 0.05) is 50.4 Å². The predicted octanol–water partition coefficient (Wildman–Crippen LogP) is 3.66. The number of pyridine rings is 1. The van der Waals surface area contributed by atoms with Crippen molar-refractivity contribution in [3.8, 4) is 11.3 Å². The quantitative estimate of drug-likeness (QED) is 0.411. The van der Waals surface area contributed by atoms with Gasteiger partial charge < -0.3 is 19.8 Å². The summed E-state index contributed by atoms with van der Waals surface area (Å²) in [5.74, 6) is -1.66. The lowest BCUT2D eigenvalue weighted by Gasteiger charge is -2.35. The summed E-state index contributed by atoms with van der Waals surface area (Å²) in [4.78, 5) is 37.9. The zero-order valence-corrected chi connectivity index (χ0v) is 20.7. The number of rotatable bonds is 5. The Labute approximate surface area is 211 Å². The Hall–Kier alpha value is -3.99. The van der Waals surface area contributed by atoms with E-state index >= 15 is 0 Å². The Kier molecular flexibility index (Phi) is 6.31. The van der Waals surface area contributed by atoms with Gasteiger partial charge in [-0.1, -0.05) is 6.92 Å². The van der Waals surface area contributed by atoms with Crippen molar-refractivity contribution in [3.05, 3.63) is 59.5 Å². The predicted molar refractivity (Wildman–Crippen MR) is 137 cm³/mol. The minimum absolute atomic E-state index is 0.282. The number of piperazine rings is 1. The summed E-state index contributed by atoms with van der Waals surface area (Å²) in [7, 11) is 1.96. The van der Waals surface area contributed by atoms with Crippen LogP contribution in [-0.4, -0.2) is 69.5 Å². The normalized spacial score (nSPS) is 13.9. The first-order valence-electron chi connectivity index (χ1n) is 11.6. The van der Waals surface area contributed by atoms with Crippen molar-refractivity contribution in [2.24, 2.45) is 0 Å². The van der Waals surface area contributed by atoms with Crippen molar-refractivity contribution in [2.75, 3.05) is 43.0 Å². The highest BCUT2D eigenvalue weighted by molar-refractivity contribution is 7.14. The van der Waals surface area contributed by atoms with Crippen molar-refractivity contribution < 1.29 is 19.1 Å². The van der Waals surface area contributed by atoms with Crippen LogP contribution in [0.4, 0.5) is 21.0 Å². The number of carbonyl (C=O) groups is 2. The summed E-state index contributed by atoms with van der Waals surface area (Å²) in [6.07, 6.45) is 2.76. The molecule has 1 amide bonds. The Morgan fingerprint density at radius 1 is 1.08 bits per heavy atom. The fourth-order valence-corrected chi connectivity index (χ4v) is 5.22. The van der Waals surface area contributed by atoms with E-state index in [1.54, 1.807) is 12.1 Å². The third-order valence-electron chi connectivity index (χ3n) is 6.33. The Morgan fingerprint density at radius 2 is 1.81 bits per heavy atom. The molecule has 4 aromatic rings. The van der Waals surface area contributed by atoms with Gasteiger partial charge in [0.05, 0.1) is 17.1 Å². The van der Waals surface area contributed by atoms with Crippen molar-refractivity contribution in [1.29, 1.82) is 0 Å². The number of aromatic nitrogens is 3. The Bertz CT molecular complexity index is 1430. The number of halogens is 1. The molecule has 186 valence electrons. The monoisotopic (exact) mass is 508 g/mol. The molecule has 4 heterocycles. The van der Waals surface area contributed by atoms with Gasteiger partial charge in [-0.25, -0.2) is 19.2 Å². The molecule has 1 saturated heterocycles. The van der Waals surface area contributed by atoms with Crippen LogP contribution < -0.4 is 9.80 Å². The molecule has 0 saturated carbocycles. The number of anilines is 3. The molecule has 0 atom stereocenters. The lowest BCUT2D eigenvalue weighted by Crippen LogP contribution is -2.50. The number of amides is 1. The third kappa shape index (κ3) is 4.37. The number of aliphatic carboxylic acids is 1. The number of carboxylic acid groups (broad SMARTS) is 1. The average Bonchev–Trinajstić information content (AvgIpc) is 3.53. The highest BCUT2D eigenvalue weighted by Gasteiger charge is 2.26. The summed E-state index contributed by atoms with van der Waals surface area (Å²) in [5, 5.41) is 11.7. The number of nitrogens with zero attached hydrogens (tertiary/aromatic N) is 6. The molecule has 1 aromatic carbocycles. The third-order valence-corrected chi connectivity index (χ3v) is 7.25. The van der Waals surface area contributed by atoms with Gasteiger partial charge in [-0.2, -0.15) is 0 Å². The SMILES string of the molecule is CCc1nc2ccc(N3CCN(C(=O)C(=O)O)CC3)cn2c1N(C)c1nc(-c2ccc(F)cc2)cs1. The average molecular weight is 509 g/mol. The summed E-state index contributed by atoms with van der Waals surface area (Å²) in [6, 6.07) is 10.3. The molecule has 0 aliphatic carbocycles. The number of hydrogen-bond donors (Lipinski definition) is 1. The van der Waals surface area contributed by atoms with Crippen LogP contribution in [0.15, 0.2) is 48.0 Å². The van der Waals surface area contributed by atoms with Gasteiger partial charge in [0.1, 0.15) is 17.3 Å². The second-order valence-corrected chi connectivity index (χ2v) is 9.35. The number of imidazole rings is 1. The van der Waals surface area contributed by atoms with Crippen LogP contribution in [0.3, 0.4) is 0 Å². The van der Waals surface area contributed by atoms with E-state index in [0.717, 1.165) is 45.7 Å². The molecule has 1 fully saturated rings. The second kappa shape index (κ2) is 9.57. The van der Waals surface area contributed by atoms with Gasteiger partial charge in [0.2, 0.25) is 0 Å². The summed E-state index contributed by atoms with van der Waals surface area (Å²) in [5.41, 5.74) is 4.34. The van der Waals surface area contributed by atoms with E-state index in [4.69, 9.17) is 15.1 Å². The van der Waals surface area contributed by atoms with Crippen molar-refractivity contribution in [3.63, 3.8) is 0 Å². The zero-order chi connectivity index (χ0) is 25.4. The number of hydrogen-bond acceptors (Lipinski definition) is 7. The van der Waals surface area contributed by atoms with E-state index in [1.807, 2.05) is 40.1 Å². The van der Waals surface area contributed by atoms with E-state index < -0.39 is 11.9 Å². The number of fused-ring (bicyclic) bond motifs is 1. The molecule has 3 aromatic heterocycles. The van der Waals surface area contributed by atoms with Crippen LogP contribution in [-0.2, 0) is 16.0 Å². The van der Waals surface area contributed by atoms with Crippen LogP contribution >= 0.6 is 11.3 Å². The van der Waals surface area contributed by atoms with Gasteiger partial charge in [-0.05, 0) is 42.8 Å². The molecule has 0 radical (unpaired) electrons. The minimum Gasteiger partial charge on any atom is -0.474 e. The molecule has 11 heteroatoms. The smallest absolute Gasteiger partial charge is 0.394 e. The molecule has 1 aliphatic rings. The van der Waals surface area contributed by atoms with Crippen LogP contribution in [0.1, 0.15) is 12.6 Å². The van der Waals surface area contributed by atoms with E-state index in [1.165, 1.54) is 28.4 Å². The van der Waals surface area contributed by atoms with Gasteiger partial charge in [0.15, 0.2) is 5.13 Å². The maximum atomic E-state index is 13.3. The first-order chi connectivity index (χ1) is 17.4. The number of carboxylic acids is 1. The molecule has 1 N–H and O–H groups in total. The van der Waals surface area contributed by atoms with Gasteiger partial charge >= 0.3 is 11.9 Å². The van der Waals surface area contributed by atoms with Crippen molar-refractivity contribution in [2.45, 2.75) is 13.3 Å². The Balaban J connectivity index is 1.43. The molecule has 1 aliphatic heterocycles. The standard InChI is InChI=1S/C25H25FN6O3S/c1-3-19-22(29(2)25-28-20(15-36-25)16-4-6-17(26)7-5-16)32-14-18(8-9-21(32)27-19)30-10-12-31(13-11-30)23(33)24(34)35/h4-9,14-15H,3,10-13H2,1-2H3,(H,34,35). The summed E-state index contributed by atoms with van der Waals surface area (Å²) in [6.45, 7) is 3.85. The van der Waals surface area contributed by atoms with Gasteiger partial charge in [-0.15, -0.1) is 11.3 Å². The van der Waals surface area contributed by atoms with Crippen molar-refractivity contribution in [1.82, 2.24) is 19.3 Å². The number of aryl methyl sites for hydroxylation is 1. The van der Waals surface area contributed by atoms with E-state index in [-0.39, 0.29) is 5.82 Å². The lowest BCUT2D eigenvalue weighted by atomic mass is 10.2. The molecular formula is C25H25FN6O3S. The van der Waals surface area contributed by atoms with E-state index in [2.05, 4.69) is 11.8 Å². The number of benzene rings is 1. The maximum absolute atomic E-state index is 13.3. The molecule has 36 heavy (non-hydrogen) atoms. The molecule has 9 nitrogen and oxygen atoms in total. The number of thiazole rings is 1. The fraction of sp³-hybridized carbons (Fsp3) is 0.280. The molecule has 0 bridgehead atoms. The first kappa shape index (κ1) is 23.7. The van der Waals surface area contributed by atoms with Crippen LogP contribution in [0.2, 0.25) is 0 Å². The van der Waals surface area contributed by atoms with E-state index in [9.17, 15) is 14.0 Å². The lowest BCUT2D eigenvalue weighted by molar-refractivity contribution is -0.156. The largest absolute Gasteiger partial charge is 0.474 e. The minimum atomic E-state index is -1.42. The molecule has 5 rings (SSSR count). The summed E-state index contributed by atoms with van der Waals surface area (Å²) < 4.78 is 15.4. The molecular weight excluding hydrogens is 483 g/mol. The summed E-state index contributed by atoms with van der Waals surface area (Å²) >= 11 is 1.50. The van der Waals surface area contributed by atoms with E-state index in [0.29, 0.717) is 26.2 Å². The number of carbonyl (C=O) groups excluding carboxylic acids is 1. The van der Waals surface area contributed by atoms with Crippen LogP contribution in [0.5, 0.6) is 0 Å². The van der Waals surface area contributed by atoms with Gasteiger partial charge in [-0.3, -0.25) is 9.20 Å². The Morgan fingerprint density at radius 3 is 2.47 bits per heavy atom. The topological polar surface area (TPSA) is 94.3 Å². The molecule has 0 spiro atoms. The fourth-order valence-electron chi connectivity index (χ4n) is 4.41. The maximum Gasteiger partial charge on any atom is 0.394 e. The zero-order valence-electron chi connectivity index (χ0n) is 19.9. The first-order valence-corrected chi connectivity index (χ1v) is 12.5. The molecule has 0 unspecified atom stereocenters. The highest BCUT2D eigenvalue weighted by Crippen LogP contribution is 2.34. The van der Waals surface area contributed by atoms with Crippen LogP contribution in [0, 0.1) is 5.82 Å².